The maximum atomic E-state index is 12.2. The zero-order valence-corrected chi connectivity index (χ0v) is 11.9. The Morgan fingerprint density at radius 1 is 1.58 bits per heavy atom. The molecule has 19 heavy (non-hydrogen) atoms. The van der Waals surface area contributed by atoms with Gasteiger partial charge < -0.3 is 10.3 Å². The summed E-state index contributed by atoms with van der Waals surface area (Å²) in [6, 6.07) is -0.0559. The van der Waals surface area contributed by atoms with Gasteiger partial charge in [0.15, 0.2) is 0 Å². The van der Waals surface area contributed by atoms with Crippen molar-refractivity contribution in [3.8, 4) is 0 Å². The minimum Gasteiger partial charge on any atom is -0.361 e. The summed E-state index contributed by atoms with van der Waals surface area (Å²) < 4.78 is 5.63. The van der Waals surface area contributed by atoms with Crippen molar-refractivity contribution in [3.05, 3.63) is 5.53 Å². The first kappa shape index (κ1) is 15.8. The van der Waals surface area contributed by atoms with E-state index in [1.54, 1.807) is 4.90 Å². The number of nitrogens with zero attached hydrogens (tertiary/aromatic N) is 3. The number of ether oxygens (including phenoxy) is 1. The Morgan fingerprint density at radius 2 is 2.26 bits per heavy atom. The molecule has 1 atom stereocenters. The fourth-order valence-electron chi connectivity index (χ4n) is 2.19. The second kappa shape index (κ2) is 6.77. The van der Waals surface area contributed by atoms with Crippen LogP contribution < -0.4 is 0 Å². The summed E-state index contributed by atoms with van der Waals surface area (Å²) in [6.45, 7) is 6.04. The van der Waals surface area contributed by atoms with Crippen molar-refractivity contribution in [2.45, 2.75) is 45.4 Å². The van der Waals surface area contributed by atoms with Crippen LogP contribution in [0.3, 0.4) is 0 Å². The van der Waals surface area contributed by atoms with Gasteiger partial charge in [-0.25, -0.2) is 9.78 Å². The maximum Gasteiger partial charge on any atom is 0.353 e. The highest BCUT2D eigenvalue weighted by Crippen LogP contribution is 2.29. The molecule has 1 rings (SSSR count). The van der Waals surface area contributed by atoms with Gasteiger partial charge in [-0.05, 0) is 26.7 Å². The van der Waals surface area contributed by atoms with Gasteiger partial charge in [-0.15, -0.1) is 0 Å². The largest absolute Gasteiger partial charge is 0.361 e. The van der Waals surface area contributed by atoms with E-state index >= 15 is 0 Å². The predicted octanol–water partition coefficient (Wildman–Crippen LogP) is 0.999. The van der Waals surface area contributed by atoms with Gasteiger partial charge in [-0.1, -0.05) is 0 Å². The molecule has 0 aromatic carbocycles. The molecular formula is C12H21N3O4. The lowest BCUT2D eigenvalue weighted by Gasteiger charge is -2.32. The average Bonchev–Trinajstić information content (AvgIpc) is 2.68. The zero-order valence-electron chi connectivity index (χ0n) is 11.9. The molecule has 1 unspecified atom stereocenters. The van der Waals surface area contributed by atoms with Crippen molar-refractivity contribution in [1.29, 1.82) is 0 Å². The number of amides is 1. The molecule has 1 heterocycles. The van der Waals surface area contributed by atoms with Gasteiger partial charge in [0.05, 0.1) is 26.4 Å². The zero-order chi connectivity index (χ0) is 14.5. The van der Waals surface area contributed by atoms with E-state index in [9.17, 15) is 4.79 Å². The highest BCUT2D eigenvalue weighted by Gasteiger charge is 2.45. The Labute approximate surface area is 113 Å². The van der Waals surface area contributed by atoms with Crippen LogP contribution in [0.25, 0.3) is 5.53 Å². The highest BCUT2D eigenvalue weighted by atomic mass is 17.2. The van der Waals surface area contributed by atoms with Crippen LogP contribution in [0.5, 0.6) is 0 Å². The molecule has 0 N–H and O–H groups in total. The van der Waals surface area contributed by atoms with Gasteiger partial charge in [0.1, 0.15) is 5.72 Å². The number of hydrogen-bond donors (Lipinski definition) is 0. The Morgan fingerprint density at radius 3 is 2.84 bits per heavy atom. The van der Waals surface area contributed by atoms with Gasteiger partial charge in [-0.2, -0.15) is 4.79 Å². The van der Waals surface area contributed by atoms with Crippen LogP contribution in [-0.2, 0) is 19.3 Å². The third-order valence-corrected chi connectivity index (χ3v) is 3.14. The summed E-state index contributed by atoms with van der Waals surface area (Å²) in [6.07, 6.45) is 1.48. The van der Waals surface area contributed by atoms with Crippen LogP contribution >= 0.6 is 0 Å². The molecule has 7 nitrogen and oxygen atoms in total. The third-order valence-electron chi connectivity index (χ3n) is 3.14. The summed E-state index contributed by atoms with van der Waals surface area (Å²) in [4.78, 5) is 26.1. The first-order chi connectivity index (χ1) is 8.94. The lowest BCUT2D eigenvalue weighted by molar-refractivity contribution is -0.273. The van der Waals surface area contributed by atoms with E-state index in [4.69, 9.17) is 15.2 Å². The fourth-order valence-corrected chi connectivity index (χ4v) is 2.19. The van der Waals surface area contributed by atoms with Gasteiger partial charge in [0.2, 0.25) is 0 Å². The van der Waals surface area contributed by atoms with Crippen molar-refractivity contribution in [1.82, 2.24) is 4.90 Å². The second-order valence-corrected chi connectivity index (χ2v) is 4.90. The Kier molecular flexibility index (Phi) is 5.62. The highest BCUT2D eigenvalue weighted by molar-refractivity contribution is 6.35. The molecule has 0 aromatic rings. The molecule has 1 aliphatic heterocycles. The fraction of sp³-hybridized carbons (Fsp3) is 0.833. The van der Waals surface area contributed by atoms with Crippen LogP contribution in [0.15, 0.2) is 0 Å². The van der Waals surface area contributed by atoms with Crippen molar-refractivity contribution < 1.29 is 24.1 Å². The molecule has 1 aliphatic rings. The van der Waals surface area contributed by atoms with Crippen LogP contribution in [0.1, 0.15) is 33.6 Å². The molecule has 0 bridgehead atoms. The van der Waals surface area contributed by atoms with E-state index in [-0.39, 0.29) is 17.7 Å². The van der Waals surface area contributed by atoms with Gasteiger partial charge in [0.25, 0.3) is 0 Å². The van der Waals surface area contributed by atoms with E-state index in [0.717, 1.165) is 12.8 Å². The molecule has 1 saturated heterocycles. The molecule has 0 spiro atoms. The topological polar surface area (TPSA) is 84.4 Å². The molecular weight excluding hydrogens is 250 g/mol. The Balaban J connectivity index is 2.70. The Bertz CT molecular complexity index is 377. The van der Waals surface area contributed by atoms with Crippen LogP contribution in [0.2, 0.25) is 0 Å². The van der Waals surface area contributed by atoms with E-state index in [2.05, 4.69) is 9.68 Å². The second-order valence-electron chi connectivity index (χ2n) is 4.90. The molecule has 0 aromatic heterocycles. The monoisotopic (exact) mass is 271 g/mol. The molecule has 1 fully saturated rings. The van der Waals surface area contributed by atoms with Crippen LogP contribution in [0.4, 0.5) is 0 Å². The van der Waals surface area contributed by atoms with Crippen molar-refractivity contribution in [2.75, 3.05) is 20.3 Å². The summed E-state index contributed by atoms with van der Waals surface area (Å²) in [5.74, 6) is -0.317. The number of hydrogen-bond acceptors (Lipinski definition) is 4. The van der Waals surface area contributed by atoms with E-state index in [1.807, 2.05) is 13.8 Å². The van der Waals surface area contributed by atoms with Crippen molar-refractivity contribution in [2.24, 2.45) is 0 Å². The number of rotatable bonds is 6. The van der Waals surface area contributed by atoms with Crippen molar-refractivity contribution >= 4 is 11.6 Å². The smallest absolute Gasteiger partial charge is 0.353 e. The normalized spacial score (nSPS) is 21.3. The van der Waals surface area contributed by atoms with Gasteiger partial charge in [-0.3, -0.25) is 9.69 Å². The lowest BCUT2D eigenvalue weighted by atomic mass is 10.1. The molecule has 108 valence electrons. The third kappa shape index (κ3) is 3.84. The minimum atomic E-state index is -0.699. The summed E-state index contributed by atoms with van der Waals surface area (Å²) in [5, 5.41) is 0. The number of carbonyl (C=O) groups is 1. The maximum absolute atomic E-state index is 12.2. The first-order valence-corrected chi connectivity index (χ1v) is 6.26. The lowest BCUT2D eigenvalue weighted by Crippen LogP contribution is -2.50. The first-order valence-electron chi connectivity index (χ1n) is 6.26. The number of carbonyl (C=O) groups excluding carboxylic acids is 1. The summed E-state index contributed by atoms with van der Waals surface area (Å²) >= 11 is 0. The standard InChI is InChI=1S/C12H21N3O4/c1-9(14-13)11(16)15-10(6-5-7-19-17-4)8-18-12(15,2)3/h10H,5-8H2,1-4H3. The van der Waals surface area contributed by atoms with Crippen molar-refractivity contribution in [3.63, 3.8) is 0 Å². The average molecular weight is 271 g/mol. The summed E-state index contributed by atoms with van der Waals surface area (Å²) in [5.41, 5.74) is 8.09. The molecule has 0 saturated carbocycles. The molecule has 0 aliphatic carbocycles. The molecule has 1 amide bonds. The van der Waals surface area contributed by atoms with E-state index < -0.39 is 5.72 Å². The SMILES string of the molecule is COOCCCC1COC(C)(C)N1C(=O)C(C)=[N+]=[N-]. The van der Waals surface area contributed by atoms with Gasteiger partial charge >= 0.3 is 11.6 Å². The molecule has 7 heteroatoms. The quantitative estimate of drug-likeness (QED) is 0.180. The van der Waals surface area contributed by atoms with E-state index in [0.29, 0.717) is 13.2 Å². The predicted molar refractivity (Wildman–Crippen MR) is 67.2 cm³/mol. The Hall–Kier alpha value is -1.27. The van der Waals surface area contributed by atoms with Crippen LogP contribution in [0, 0.1) is 0 Å². The summed E-state index contributed by atoms with van der Waals surface area (Å²) in [7, 11) is 1.46. The van der Waals surface area contributed by atoms with Gasteiger partial charge in [0, 0.05) is 6.92 Å². The van der Waals surface area contributed by atoms with Crippen LogP contribution in [-0.4, -0.2) is 53.4 Å². The molecule has 0 radical (unpaired) electrons. The van der Waals surface area contributed by atoms with E-state index in [1.165, 1.54) is 14.0 Å². The minimum absolute atomic E-state index is 0.0525.